The molecule has 0 heterocycles. The van der Waals surface area contributed by atoms with Gasteiger partial charge in [-0.25, -0.2) is 0 Å². The van der Waals surface area contributed by atoms with Crippen LogP contribution >= 0.6 is 0 Å². The van der Waals surface area contributed by atoms with Crippen molar-refractivity contribution in [3.05, 3.63) is 39.9 Å². The summed E-state index contributed by atoms with van der Waals surface area (Å²) >= 11 is 0. The Morgan fingerprint density at radius 1 is 1.30 bits per heavy atom. The average molecular weight is 279 g/mol. The smallest absolute Gasteiger partial charge is 0.270 e. The lowest BCUT2D eigenvalue weighted by Gasteiger charge is -2.18. The maximum atomic E-state index is 11.8. The molecule has 0 bridgehead atoms. The molecule has 0 aromatic heterocycles. The number of rotatable bonds is 6. The quantitative estimate of drug-likeness (QED) is 0.625. The van der Waals surface area contributed by atoms with Crippen LogP contribution in [0.15, 0.2) is 24.3 Å². The number of nitro groups is 1. The van der Waals surface area contributed by atoms with E-state index in [2.05, 4.69) is 5.32 Å². The Bertz CT molecular complexity index is 512. The summed E-state index contributed by atoms with van der Waals surface area (Å²) in [5, 5.41) is 13.1. The zero-order valence-corrected chi connectivity index (χ0v) is 11.5. The van der Waals surface area contributed by atoms with Crippen LogP contribution in [0.1, 0.15) is 24.2 Å². The molecule has 7 heteroatoms. The summed E-state index contributed by atoms with van der Waals surface area (Å²) in [6.07, 6.45) is 0. The lowest BCUT2D eigenvalue weighted by molar-refractivity contribution is -0.384. The van der Waals surface area contributed by atoms with Crippen molar-refractivity contribution in [2.45, 2.75) is 13.8 Å². The van der Waals surface area contributed by atoms with Crippen molar-refractivity contribution >= 4 is 17.5 Å². The summed E-state index contributed by atoms with van der Waals surface area (Å²) in [5.74, 6) is -0.692. The highest BCUT2D eigenvalue weighted by molar-refractivity contribution is 5.96. The molecular formula is C13H17N3O4. The molecular weight excluding hydrogens is 262 g/mol. The van der Waals surface area contributed by atoms with E-state index in [9.17, 15) is 19.7 Å². The van der Waals surface area contributed by atoms with Crippen LogP contribution in [0.5, 0.6) is 0 Å². The Balaban J connectivity index is 2.65. The number of hydrogen-bond donors (Lipinski definition) is 1. The maximum absolute atomic E-state index is 11.8. The van der Waals surface area contributed by atoms with Crippen LogP contribution in [0, 0.1) is 10.1 Å². The molecule has 20 heavy (non-hydrogen) atoms. The van der Waals surface area contributed by atoms with Gasteiger partial charge in [0.2, 0.25) is 5.91 Å². The third-order valence-corrected chi connectivity index (χ3v) is 2.84. The lowest BCUT2D eigenvalue weighted by atomic mass is 10.2. The van der Waals surface area contributed by atoms with Crippen LogP contribution in [-0.2, 0) is 4.79 Å². The fourth-order valence-electron chi connectivity index (χ4n) is 1.71. The first-order valence-corrected chi connectivity index (χ1v) is 6.30. The van der Waals surface area contributed by atoms with Gasteiger partial charge in [-0.3, -0.25) is 19.7 Å². The Hall–Kier alpha value is -2.44. The van der Waals surface area contributed by atoms with Gasteiger partial charge >= 0.3 is 0 Å². The van der Waals surface area contributed by atoms with E-state index in [4.69, 9.17) is 0 Å². The van der Waals surface area contributed by atoms with Crippen LogP contribution in [0.3, 0.4) is 0 Å². The van der Waals surface area contributed by atoms with Crippen molar-refractivity contribution < 1.29 is 14.5 Å². The van der Waals surface area contributed by atoms with Gasteiger partial charge in [-0.1, -0.05) is 6.07 Å². The minimum atomic E-state index is -0.572. The van der Waals surface area contributed by atoms with Crippen molar-refractivity contribution in [2.75, 3.05) is 19.6 Å². The number of likely N-dealkylation sites (N-methyl/N-ethyl adjacent to an activating group) is 1. The second-order valence-corrected chi connectivity index (χ2v) is 4.06. The topological polar surface area (TPSA) is 92.6 Å². The van der Waals surface area contributed by atoms with Gasteiger partial charge in [-0.15, -0.1) is 0 Å². The Labute approximate surface area is 116 Å². The predicted octanol–water partition coefficient (Wildman–Crippen LogP) is 1.19. The van der Waals surface area contributed by atoms with Crippen LogP contribution in [-0.4, -0.2) is 41.3 Å². The predicted molar refractivity (Wildman–Crippen MR) is 73.4 cm³/mol. The van der Waals surface area contributed by atoms with E-state index in [0.717, 1.165) is 0 Å². The van der Waals surface area contributed by atoms with Crippen LogP contribution in [0.4, 0.5) is 5.69 Å². The Morgan fingerprint density at radius 3 is 2.50 bits per heavy atom. The van der Waals surface area contributed by atoms with E-state index < -0.39 is 10.8 Å². The van der Waals surface area contributed by atoms with Gasteiger partial charge in [-0.2, -0.15) is 0 Å². The van der Waals surface area contributed by atoms with E-state index in [0.29, 0.717) is 13.1 Å². The van der Waals surface area contributed by atoms with Gasteiger partial charge < -0.3 is 10.2 Å². The molecule has 0 saturated heterocycles. The first-order chi connectivity index (χ1) is 9.49. The zero-order chi connectivity index (χ0) is 15.1. The molecule has 1 N–H and O–H groups in total. The molecule has 0 aliphatic heterocycles. The van der Waals surface area contributed by atoms with Crippen molar-refractivity contribution in [3.8, 4) is 0 Å². The van der Waals surface area contributed by atoms with Gasteiger partial charge in [0.1, 0.15) is 0 Å². The van der Waals surface area contributed by atoms with Gasteiger partial charge in [0.25, 0.3) is 11.6 Å². The molecule has 7 nitrogen and oxygen atoms in total. The summed E-state index contributed by atoms with van der Waals surface area (Å²) in [6.45, 7) is 4.72. The molecule has 0 aliphatic rings. The number of carbonyl (C=O) groups excluding carboxylic acids is 2. The van der Waals surface area contributed by atoms with E-state index >= 15 is 0 Å². The molecule has 0 unspecified atom stereocenters. The van der Waals surface area contributed by atoms with Crippen LogP contribution in [0.25, 0.3) is 0 Å². The molecule has 0 atom stereocenters. The van der Waals surface area contributed by atoms with Crippen molar-refractivity contribution in [1.29, 1.82) is 0 Å². The molecule has 1 aromatic rings. The Morgan fingerprint density at radius 2 is 1.95 bits per heavy atom. The lowest BCUT2D eigenvalue weighted by Crippen LogP contribution is -2.40. The molecule has 2 amide bonds. The summed E-state index contributed by atoms with van der Waals surface area (Å²) in [6, 6.07) is 5.37. The molecule has 0 radical (unpaired) electrons. The second kappa shape index (κ2) is 7.22. The number of amides is 2. The van der Waals surface area contributed by atoms with E-state index in [-0.39, 0.29) is 23.7 Å². The zero-order valence-electron chi connectivity index (χ0n) is 11.5. The molecule has 0 saturated carbocycles. The highest BCUT2D eigenvalue weighted by Gasteiger charge is 2.14. The monoisotopic (exact) mass is 279 g/mol. The van der Waals surface area contributed by atoms with Gasteiger partial charge in [0.05, 0.1) is 11.5 Å². The number of nitro benzene ring substituents is 1. The third-order valence-electron chi connectivity index (χ3n) is 2.84. The standard InChI is InChI=1S/C13H17N3O4/c1-3-15(4-2)12(17)9-14-13(18)10-6-5-7-11(8-10)16(19)20/h5-8H,3-4,9H2,1-2H3,(H,14,18). The molecule has 1 rings (SSSR count). The fourth-order valence-corrected chi connectivity index (χ4v) is 1.71. The average Bonchev–Trinajstić information content (AvgIpc) is 2.46. The van der Waals surface area contributed by atoms with Gasteiger partial charge in [0.15, 0.2) is 0 Å². The minimum absolute atomic E-state index is 0.122. The number of hydrogen-bond acceptors (Lipinski definition) is 4. The Kier molecular flexibility index (Phi) is 5.64. The summed E-state index contributed by atoms with van der Waals surface area (Å²) < 4.78 is 0. The third kappa shape index (κ3) is 4.04. The highest BCUT2D eigenvalue weighted by Crippen LogP contribution is 2.12. The number of carbonyl (C=O) groups is 2. The summed E-state index contributed by atoms with van der Waals surface area (Å²) in [7, 11) is 0. The maximum Gasteiger partial charge on any atom is 0.270 e. The number of benzene rings is 1. The summed E-state index contributed by atoms with van der Waals surface area (Å²) in [5.41, 5.74) is -0.000679. The highest BCUT2D eigenvalue weighted by atomic mass is 16.6. The first-order valence-electron chi connectivity index (χ1n) is 6.30. The van der Waals surface area contributed by atoms with Crippen molar-refractivity contribution in [3.63, 3.8) is 0 Å². The molecule has 0 fully saturated rings. The SMILES string of the molecule is CCN(CC)C(=O)CNC(=O)c1cccc([N+](=O)[O-])c1. The second-order valence-electron chi connectivity index (χ2n) is 4.06. The van der Waals surface area contributed by atoms with Crippen LogP contribution < -0.4 is 5.32 Å². The molecule has 0 aliphatic carbocycles. The molecule has 1 aromatic carbocycles. The van der Waals surface area contributed by atoms with Gasteiger partial charge in [-0.05, 0) is 19.9 Å². The normalized spacial score (nSPS) is 9.90. The molecule has 108 valence electrons. The number of non-ortho nitro benzene ring substituents is 1. The van der Waals surface area contributed by atoms with Gasteiger partial charge in [0, 0.05) is 30.8 Å². The fraction of sp³-hybridized carbons (Fsp3) is 0.385. The number of nitrogens with zero attached hydrogens (tertiary/aromatic N) is 2. The van der Waals surface area contributed by atoms with Crippen molar-refractivity contribution in [2.24, 2.45) is 0 Å². The van der Waals surface area contributed by atoms with Crippen LogP contribution in [0.2, 0.25) is 0 Å². The van der Waals surface area contributed by atoms with E-state index in [1.807, 2.05) is 13.8 Å². The van der Waals surface area contributed by atoms with E-state index in [1.165, 1.54) is 24.3 Å². The largest absolute Gasteiger partial charge is 0.343 e. The first kappa shape index (κ1) is 15.6. The molecule has 0 spiro atoms. The van der Waals surface area contributed by atoms with Crippen molar-refractivity contribution in [1.82, 2.24) is 10.2 Å². The minimum Gasteiger partial charge on any atom is -0.343 e. The summed E-state index contributed by atoms with van der Waals surface area (Å²) in [4.78, 5) is 35.2. The number of nitrogens with one attached hydrogen (secondary N) is 1. The van der Waals surface area contributed by atoms with E-state index in [1.54, 1.807) is 4.90 Å².